The highest BCUT2D eigenvalue weighted by atomic mass is 16.6. The van der Waals surface area contributed by atoms with E-state index in [0.717, 1.165) is 50.7 Å². The summed E-state index contributed by atoms with van der Waals surface area (Å²) in [6.07, 6.45) is 10.4. The Morgan fingerprint density at radius 2 is 2.20 bits per heavy atom. The number of aryl methyl sites for hydroxylation is 1. The second kappa shape index (κ2) is 6.81. The number of benzene rings is 1. The van der Waals surface area contributed by atoms with E-state index in [4.69, 9.17) is 4.74 Å². The molecule has 3 atom stereocenters. The van der Waals surface area contributed by atoms with Crippen LogP contribution in [0.3, 0.4) is 0 Å². The van der Waals surface area contributed by atoms with Crippen molar-refractivity contribution in [3.63, 3.8) is 0 Å². The van der Waals surface area contributed by atoms with E-state index in [1.54, 1.807) is 0 Å². The van der Waals surface area contributed by atoms with Gasteiger partial charge in [-0.25, -0.2) is 4.79 Å². The van der Waals surface area contributed by atoms with E-state index in [1.807, 2.05) is 0 Å². The lowest BCUT2D eigenvalue weighted by atomic mass is 9.80. The molecule has 1 saturated heterocycles. The second-order valence-corrected chi connectivity index (χ2v) is 8.16. The van der Waals surface area contributed by atoms with Crippen molar-refractivity contribution in [2.45, 2.75) is 69.2 Å². The maximum Gasteiger partial charge on any atom is 0.407 e. The second-order valence-electron chi connectivity index (χ2n) is 8.16. The standard InChI is InChI=1S/C21H27NO3/c23-10-2-1-3-15-4-5-17-12-18(7-6-16(17)11-15)19-8-9-21(13-19)14-25-20(24)22-21/h6-7,10,12,15,19H,1-5,8-9,11,13-14H2,(H,22,24)/t15-,19+,21-/m1/s1. The molecule has 2 fully saturated rings. The number of aldehydes is 1. The van der Waals surface area contributed by atoms with Crippen LogP contribution in [0, 0.1) is 5.92 Å². The molecule has 1 aromatic carbocycles. The molecular weight excluding hydrogens is 314 g/mol. The number of ether oxygens (including phenoxy) is 1. The van der Waals surface area contributed by atoms with Gasteiger partial charge in [0.05, 0.1) is 5.54 Å². The van der Waals surface area contributed by atoms with Gasteiger partial charge in [-0.15, -0.1) is 0 Å². The van der Waals surface area contributed by atoms with Crippen LogP contribution in [0.15, 0.2) is 18.2 Å². The SMILES string of the molecule is O=CCCC[C@@H]1CCc2cc([C@H]3CC[C@]4(COC(=O)N4)C3)ccc2C1. The van der Waals surface area contributed by atoms with E-state index < -0.39 is 0 Å². The van der Waals surface area contributed by atoms with Crippen molar-refractivity contribution in [3.8, 4) is 0 Å². The van der Waals surface area contributed by atoms with E-state index in [1.165, 1.54) is 29.5 Å². The van der Waals surface area contributed by atoms with E-state index >= 15 is 0 Å². The van der Waals surface area contributed by atoms with Crippen molar-refractivity contribution >= 4 is 12.4 Å². The van der Waals surface area contributed by atoms with Crippen molar-refractivity contribution in [1.29, 1.82) is 0 Å². The van der Waals surface area contributed by atoms with Gasteiger partial charge in [0.1, 0.15) is 12.9 Å². The first-order valence-corrected chi connectivity index (χ1v) is 9.68. The van der Waals surface area contributed by atoms with Crippen molar-refractivity contribution in [2.75, 3.05) is 6.61 Å². The summed E-state index contributed by atoms with van der Waals surface area (Å²) in [5.41, 5.74) is 4.31. The van der Waals surface area contributed by atoms with Gasteiger partial charge in [-0.2, -0.15) is 0 Å². The lowest BCUT2D eigenvalue weighted by Gasteiger charge is -2.26. The minimum Gasteiger partial charge on any atom is -0.447 e. The molecule has 1 N–H and O–H groups in total. The van der Waals surface area contributed by atoms with Crippen LogP contribution >= 0.6 is 0 Å². The normalized spacial score (nSPS) is 30.8. The summed E-state index contributed by atoms with van der Waals surface area (Å²) in [6.45, 7) is 0.524. The highest BCUT2D eigenvalue weighted by molar-refractivity contribution is 5.70. The molecule has 3 aliphatic rings. The molecule has 1 spiro atoms. The van der Waals surface area contributed by atoms with Crippen molar-refractivity contribution in [2.24, 2.45) is 5.92 Å². The monoisotopic (exact) mass is 341 g/mol. The number of rotatable bonds is 5. The fraction of sp³-hybridized carbons (Fsp3) is 0.619. The summed E-state index contributed by atoms with van der Waals surface area (Å²) in [7, 11) is 0. The van der Waals surface area contributed by atoms with Crippen molar-refractivity contribution in [3.05, 3.63) is 34.9 Å². The third-order valence-electron chi connectivity index (χ3n) is 6.42. The Morgan fingerprint density at radius 3 is 3.00 bits per heavy atom. The van der Waals surface area contributed by atoms with Crippen LogP contribution in [0.1, 0.15) is 67.6 Å². The summed E-state index contributed by atoms with van der Waals surface area (Å²) in [5.74, 6) is 1.26. The lowest BCUT2D eigenvalue weighted by molar-refractivity contribution is -0.108. The molecule has 1 aromatic rings. The lowest BCUT2D eigenvalue weighted by Crippen LogP contribution is -2.40. The Kier molecular flexibility index (Phi) is 4.53. The Hall–Kier alpha value is -1.84. The molecule has 1 heterocycles. The van der Waals surface area contributed by atoms with Gasteiger partial charge in [0, 0.05) is 6.42 Å². The maximum atomic E-state index is 11.4. The highest BCUT2D eigenvalue weighted by Crippen LogP contribution is 2.43. The predicted octanol–water partition coefficient (Wildman–Crippen LogP) is 3.91. The fourth-order valence-electron chi connectivity index (χ4n) is 4.99. The minimum atomic E-state index is -0.258. The molecular formula is C21H27NO3. The van der Waals surface area contributed by atoms with E-state index in [-0.39, 0.29) is 11.6 Å². The molecule has 4 nitrogen and oxygen atoms in total. The van der Waals surface area contributed by atoms with Gasteiger partial charge >= 0.3 is 6.09 Å². The number of cyclic esters (lactones) is 1. The summed E-state index contributed by atoms with van der Waals surface area (Å²) >= 11 is 0. The number of fused-ring (bicyclic) bond motifs is 1. The highest BCUT2D eigenvalue weighted by Gasteiger charge is 2.46. The average molecular weight is 341 g/mol. The summed E-state index contributed by atoms with van der Waals surface area (Å²) < 4.78 is 5.15. The van der Waals surface area contributed by atoms with Gasteiger partial charge in [0.25, 0.3) is 0 Å². The molecule has 1 amide bonds. The molecule has 4 heteroatoms. The van der Waals surface area contributed by atoms with Gasteiger partial charge in [-0.1, -0.05) is 18.2 Å². The zero-order valence-electron chi connectivity index (χ0n) is 14.8. The molecule has 0 bridgehead atoms. The zero-order chi connectivity index (χ0) is 17.3. The Morgan fingerprint density at radius 1 is 1.28 bits per heavy atom. The van der Waals surface area contributed by atoms with Crippen LogP contribution in [-0.2, 0) is 22.4 Å². The summed E-state index contributed by atoms with van der Waals surface area (Å²) in [5, 5.41) is 3.04. The number of carbonyl (C=O) groups excluding carboxylic acids is 2. The van der Waals surface area contributed by atoms with Gasteiger partial charge in [-0.05, 0) is 79.9 Å². The number of alkyl carbamates (subject to hydrolysis) is 1. The quantitative estimate of drug-likeness (QED) is 0.652. The van der Waals surface area contributed by atoms with E-state index in [9.17, 15) is 9.59 Å². The Labute approximate surface area is 149 Å². The topological polar surface area (TPSA) is 55.4 Å². The first kappa shape index (κ1) is 16.6. The third-order valence-corrected chi connectivity index (χ3v) is 6.42. The molecule has 25 heavy (non-hydrogen) atoms. The minimum absolute atomic E-state index is 0.124. The Balaban J connectivity index is 1.41. The number of unbranched alkanes of at least 4 members (excludes halogenated alkanes) is 1. The van der Waals surface area contributed by atoms with Crippen LogP contribution in [0.4, 0.5) is 4.79 Å². The number of nitrogens with one attached hydrogen (secondary N) is 1. The summed E-state index contributed by atoms with van der Waals surface area (Å²) in [6, 6.07) is 7.04. The van der Waals surface area contributed by atoms with Gasteiger partial charge in [0.15, 0.2) is 0 Å². The van der Waals surface area contributed by atoms with Gasteiger partial charge < -0.3 is 14.8 Å². The zero-order valence-corrected chi connectivity index (χ0v) is 14.8. The molecule has 0 radical (unpaired) electrons. The number of carbonyl (C=O) groups is 2. The molecule has 4 rings (SSSR count). The molecule has 0 aromatic heterocycles. The number of hydrogen-bond acceptors (Lipinski definition) is 3. The fourth-order valence-corrected chi connectivity index (χ4v) is 4.99. The van der Waals surface area contributed by atoms with Gasteiger partial charge in [0.2, 0.25) is 0 Å². The van der Waals surface area contributed by atoms with Gasteiger partial charge in [-0.3, -0.25) is 0 Å². The molecule has 1 saturated carbocycles. The first-order chi connectivity index (χ1) is 12.2. The van der Waals surface area contributed by atoms with Crippen LogP contribution in [-0.4, -0.2) is 24.5 Å². The van der Waals surface area contributed by atoms with Crippen molar-refractivity contribution < 1.29 is 14.3 Å². The third kappa shape index (κ3) is 3.44. The Bertz CT molecular complexity index is 671. The number of amides is 1. The molecule has 1 aliphatic heterocycles. The molecule has 2 aliphatic carbocycles. The van der Waals surface area contributed by atoms with E-state index in [0.29, 0.717) is 18.9 Å². The van der Waals surface area contributed by atoms with Crippen LogP contribution < -0.4 is 5.32 Å². The predicted molar refractivity (Wildman–Crippen MR) is 95.7 cm³/mol. The summed E-state index contributed by atoms with van der Waals surface area (Å²) in [4.78, 5) is 21.9. The van der Waals surface area contributed by atoms with Crippen LogP contribution in [0.5, 0.6) is 0 Å². The average Bonchev–Trinajstić information content (AvgIpc) is 3.21. The van der Waals surface area contributed by atoms with E-state index in [2.05, 4.69) is 23.5 Å². The smallest absolute Gasteiger partial charge is 0.407 e. The molecule has 0 unspecified atom stereocenters. The van der Waals surface area contributed by atoms with Crippen LogP contribution in [0.25, 0.3) is 0 Å². The first-order valence-electron chi connectivity index (χ1n) is 9.68. The molecule has 134 valence electrons. The number of hydrogen-bond donors (Lipinski definition) is 1. The largest absolute Gasteiger partial charge is 0.447 e. The van der Waals surface area contributed by atoms with Crippen LogP contribution in [0.2, 0.25) is 0 Å². The van der Waals surface area contributed by atoms with Crippen molar-refractivity contribution in [1.82, 2.24) is 5.32 Å². The maximum absolute atomic E-state index is 11.4.